The molecular weight excluding hydrogens is 412 g/mol. The van der Waals surface area contributed by atoms with Crippen LogP contribution in [0.3, 0.4) is 0 Å². The highest BCUT2D eigenvalue weighted by Crippen LogP contribution is 2.70. The fourth-order valence-electron chi connectivity index (χ4n) is 8.75. The lowest BCUT2D eigenvalue weighted by atomic mass is 9.61. The zero-order chi connectivity index (χ0) is 24.6. The van der Waals surface area contributed by atoms with Crippen LogP contribution in [0, 0.1) is 57.7 Å². The fraction of sp³-hybridized carbons (Fsp3) is 0.931. The molecule has 8 unspecified atom stereocenters. The largest absolute Gasteiger partial charge is 0.457 e. The van der Waals surface area contributed by atoms with E-state index in [2.05, 4.69) is 55.4 Å². The third kappa shape index (κ3) is 4.38. The predicted molar refractivity (Wildman–Crippen MR) is 130 cm³/mol. The first-order chi connectivity index (χ1) is 15.0. The Morgan fingerprint density at radius 2 is 1.39 bits per heavy atom. The van der Waals surface area contributed by atoms with Gasteiger partial charge in [0.25, 0.3) is 0 Å². The second-order valence-electron chi connectivity index (χ2n) is 15.0. The number of ether oxygens (including phenoxy) is 2. The minimum atomic E-state index is -0.678. The molecule has 0 saturated heterocycles. The number of hydrogen-bond donors (Lipinski definition) is 0. The molecule has 0 aromatic rings. The van der Waals surface area contributed by atoms with Crippen molar-refractivity contribution in [2.45, 2.75) is 106 Å². The van der Waals surface area contributed by atoms with Gasteiger partial charge in [-0.1, -0.05) is 41.5 Å². The molecule has 4 aliphatic rings. The molecule has 4 heteroatoms. The Kier molecular flexibility index (Phi) is 6.06. The molecular formula is C29H48O4. The lowest BCUT2D eigenvalue weighted by molar-refractivity contribution is -0.181. The third-order valence-corrected chi connectivity index (χ3v) is 10.3. The van der Waals surface area contributed by atoms with Gasteiger partial charge in [0.1, 0.15) is 5.60 Å². The van der Waals surface area contributed by atoms with Gasteiger partial charge in [-0.2, -0.15) is 0 Å². The number of esters is 2. The molecule has 8 atom stereocenters. The average molecular weight is 461 g/mol. The van der Waals surface area contributed by atoms with Gasteiger partial charge in [-0.25, -0.2) is 4.79 Å². The first-order valence-corrected chi connectivity index (χ1v) is 13.4. The van der Waals surface area contributed by atoms with Crippen LogP contribution in [0.2, 0.25) is 0 Å². The van der Waals surface area contributed by atoms with Crippen LogP contribution in [0.1, 0.15) is 101 Å². The van der Waals surface area contributed by atoms with E-state index in [1.807, 2.05) is 6.92 Å². The van der Waals surface area contributed by atoms with E-state index in [9.17, 15) is 9.59 Å². The van der Waals surface area contributed by atoms with Gasteiger partial charge in [-0.3, -0.25) is 4.79 Å². The standard InChI is InChI=1S/C29H48O4/c1-26(2,3)16-29(9,27(4,5)6)25(31)32-15-22(30)33-28(7,8)21-14-19-13-20(21)24-18-11-10-17(12-18)23(19)24/h17-21,23-24H,10-16H2,1-9H3. The molecule has 4 bridgehead atoms. The van der Waals surface area contributed by atoms with Crippen molar-refractivity contribution in [3.8, 4) is 0 Å². The Morgan fingerprint density at radius 3 is 1.97 bits per heavy atom. The minimum Gasteiger partial charge on any atom is -0.457 e. The van der Waals surface area contributed by atoms with Crippen molar-refractivity contribution in [2.75, 3.05) is 6.61 Å². The van der Waals surface area contributed by atoms with Crippen LogP contribution in [0.25, 0.3) is 0 Å². The molecule has 0 N–H and O–H groups in total. The summed E-state index contributed by atoms with van der Waals surface area (Å²) in [5.41, 5.74) is -1.49. The fourth-order valence-corrected chi connectivity index (χ4v) is 8.75. The van der Waals surface area contributed by atoms with Gasteiger partial charge in [-0.05, 0) is 106 Å². The maximum atomic E-state index is 13.2. The number of fused-ring (bicyclic) bond motifs is 9. The Hall–Kier alpha value is -1.06. The Morgan fingerprint density at radius 1 is 0.788 bits per heavy atom. The molecule has 0 aliphatic heterocycles. The summed E-state index contributed by atoms with van der Waals surface area (Å²) in [6.45, 7) is 18.5. The molecule has 0 radical (unpaired) electrons. The molecule has 4 fully saturated rings. The van der Waals surface area contributed by atoms with Gasteiger partial charge < -0.3 is 9.47 Å². The summed E-state index contributed by atoms with van der Waals surface area (Å²) < 4.78 is 11.6. The van der Waals surface area contributed by atoms with E-state index in [1.165, 1.54) is 32.1 Å². The van der Waals surface area contributed by atoms with E-state index in [1.54, 1.807) is 0 Å². The van der Waals surface area contributed by atoms with Gasteiger partial charge in [0.15, 0.2) is 6.61 Å². The Labute approximate surface area is 201 Å². The molecule has 33 heavy (non-hydrogen) atoms. The van der Waals surface area contributed by atoms with E-state index in [4.69, 9.17) is 9.47 Å². The van der Waals surface area contributed by atoms with Gasteiger partial charge in [-0.15, -0.1) is 0 Å². The lowest BCUT2D eigenvalue weighted by Crippen LogP contribution is -2.46. The summed E-state index contributed by atoms with van der Waals surface area (Å²) in [4.78, 5) is 26.0. The third-order valence-electron chi connectivity index (χ3n) is 10.3. The highest BCUT2D eigenvalue weighted by atomic mass is 16.6. The molecule has 4 aliphatic carbocycles. The van der Waals surface area contributed by atoms with Crippen LogP contribution in [0.5, 0.6) is 0 Å². The zero-order valence-electron chi connectivity index (χ0n) is 22.6. The normalized spacial score (nSPS) is 37.1. The van der Waals surface area contributed by atoms with E-state index >= 15 is 0 Å². The van der Waals surface area contributed by atoms with Crippen molar-refractivity contribution >= 4 is 11.9 Å². The molecule has 188 valence electrons. The molecule has 0 amide bonds. The van der Waals surface area contributed by atoms with Crippen molar-refractivity contribution in [1.82, 2.24) is 0 Å². The lowest BCUT2D eigenvalue weighted by Gasteiger charge is -2.44. The maximum Gasteiger partial charge on any atom is 0.344 e. The molecule has 0 heterocycles. The van der Waals surface area contributed by atoms with Crippen LogP contribution >= 0.6 is 0 Å². The molecule has 4 nitrogen and oxygen atoms in total. The average Bonchev–Trinajstić information content (AvgIpc) is 3.41. The number of carbonyl (C=O) groups excluding carboxylic acids is 2. The van der Waals surface area contributed by atoms with Crippen LogP contribution in [0.15, 0.2) is 0 Å². The van der Waals surface area contributed by atoms with Crippen LogP contribution < -0.4 is 0 Å². The van der Waals surface area contributed by atoms with Gasteiger partial charge >= 0.3 is 11.9 Å². The molecule has 0 aromatic carbocycles. The van der Waals surface area contributed by atoms with Crippen molar-refractivity contribution in [1.29, 1.82) is 0 Å². The summed E-state index contributed by atoms with van der Waals surface area (Å²) in [7, 11) is 0. The monoisotopic (exact) mass is 460 g/mol. The first kappa shape index (κ1) is 25.0. The molecule has 0 spiro atoms. The first-order valence-electron chi connectivity index (χ1n) is 13.4. The minimum absolute atomic E-state index is 0.0249. The summed E-state index contributed by atoms with van der Waals surface area (Å²) >= 11 is 0. The quantitative estimate of drug-likeness (QED) is 0.328. The SMILES string of the molecule is CC(C)(C)CC(C)(C(=O)OCC(=O)OC(C)(C)C1CC2CC1C1C3CCC(C3)C21)C(C)(C)C. The zero-order valence-corrected chi connectivity index (χ0v) is 22.6. The summed E-state index contributed by atoms with van der Waals surface area (Å²) in [6.07, 6.45) is 7.54. The van der Waals surface area contributed by atoms with E-state index in [0.29, 0.717) is 18.3 Å². The van der Waals surface area contributed by atoms with E-state index in [-0.39, 0.29) is 23.4 Å². The van der Waals surface area contributed by atoms with Crippen molar-refractivity contribution in [2.24, 2.45) is 57.7 Å². The highest BCUT2D eigenvalue weighted by Gasteiger charge is 2.64. The van der Waals surface area contributed by atoms with Crippen LogP contribution in [0.4, 0.5) is 0 Å². The number of carbonyl (C=O) groups is 2. The van der Waals surface area contributed by atoms with Crippen LogP contribution in [-0.2, 0) is 19.1 Å². The van der Waals surface area contributed by atoms with Gasteiger partial charge in [0.05, 0.1) is 5.41 Å². The second kappa shape index (κ2) is 7.98. The van der Waals surface area contributed by atoms with Crippen molar-refractivity contribution in [3.05, 3.63) is 0 Å². The summed E-state index contributed by atoms with van der Waals surface area (Å²) in [5, 5.41) is 0. The molecule has 4 saturated carbocycles. The van der Waals surface area contributed by atoms with Gasteiger partial charge in [0.2, 0.25) is 0 Å². The molecule has 4 rings (SSSR count). The highest BCUT2D eigenvalue weighted by molar-refractivity contribution is 5.81. The molecule has 0 aromatic heterocycles. The van der Waals surface area contributed by atoms with E-state index < -0.39 is 17.0 Å². The Balaban J connectivity index is 1.35. The van der Waals surface area contributed by atoms with Gasteiger partial charge in [0, 0.05) is 5.92 Å². The number of hydrogen-bond acceptors (Lipinski definition) is 4. The second-order valence-corrected chi connectivity index (χ2v) is 15.0. The Bertz CT molecular complexity index is 784. The topological polar surface area (TPSA) is 52.6 Å². The smallest absolute Gasteiger partial charge is 0.344 e. The van der Waals surface area contributed by atoms with E-state index in [0.717, 1.165) is 29.6 Å². The maximum absolute atomic E-state index is 13.2. The van der Waals surface area contributed by atoms with Crippen molar-refractivity contribution in [3.63, 3.8) is 0 Å². The predicted octanol–water partition coefficient (Wildman–Crippen LogP) is 6.66. The van der Waals surface area contributed by atoms with Crippen molar-refractivity contribution < 1.29 is 19.1 Å². The number of rotatable bonds is 6. The summed E-state index contributed by atoms with van der Waals surface area (Å²) in [5.74, 6) is 4.98. The summed E-state index contributed by atoms with van der Waals surface area (Å²) in [6, 6.07) is 0. The van der Waals surface area contributed by atoms with Crippen LogP contribution in [-0.4, -0.2) is 24.1 Å².